The summed E-state index contributed by atoms with van der Waals surface area (Å²) in [6.45, 7) is 1.90. The lowest BCUT2D eigenvalue weighted by molar-refractivity contribution is -0.116. The van der Waals surface area contributed by atoms with Crippen molar-refractivity contribution in [2.75, 3.05) is 23.4 Å². The third-order valence-electron chi connectivity index (χ3n) is 4.68. The first-order valence-electron chi connectivity index (χ1n) is 9.46. The first-order valence-corrected chi connectivity index (χ1v) is 10.2. The van der Waals surface area contributed by atoms with Crippen molar-refractivity contribution in [2.24, 2.45) is 0 Å². The zero-order valence-corrected chi connectivity index (χ0v) is 18.5. The Bertz CT molecular complexity index is 1230. The smallest absolute Gasteiger partial charge is 0.265 e. The third kappa shape index (κ3) is 4.29. The fourth-order valence-corrected chi connectivity index (χ4v) is 3.37. The number of nitrogen functional groups attached to an aromatic ring is 1. The Morgan fingerprint density at radius 3 is 2.65 bits per heavy atom. The number of anilines is 3. The summed E-state index contributed by atoms with van der Waals surface area (Å²) in [7, 11) is 1.70. The predicted molar refractivity (Wildman–Crippen MR) is 122 cm³/mol. The molecule has 0 atom stereocenters. The maximum atomic E-state index is 12.5. The van der Waals surface area contributed by atoms with Crippen molar-refractivity contribution < 1.29 is 9.32 Å². The van der Waals surface area contributed by atoms with Crippen LogP contribution >= 0.6 is 15.9 Å². The van der Waals surface area contributed by atoms with Crippen LogP contribution < -0.4 is 16.4 Å². The highest BCUT2D eigenvalue weighted by atomic mass is 79.9. The van der Waals surface area contributed by atoms with Crippen molar-refractivity contribution in [2.45, 2.75) is 13.5 Å². The molecule has 0 aliphatic rings. The molecule has 0 spiro atoms. The van der Waals surface area contributed by atoms with E-state index in [4.69, 9.17) is 10.3 Å². The van der Waals surface area contributed by atoms with Crippen LogP contribution in [-0.4, -0.2) is 32.9 Å². The van der Waals surface area contributed by atoms with E-state index < -0.39 is 0 Å². The Balaban J connectivity index is 1.59. The van der Waals surface area contributed by atoms with Gasteiger partial charge in [-0.05, 0) is 36.8 Å². The second-order valence-electron chi connectivity index (χ2n) is 6.81. The van der Waals surface area contributed by atoms with Gasteiger partial charge in [0.15, 0.2) is 5.82 Å². The highest BCUT2D eigenvalue weighted by Gasteiger charge is 2.24. The monoisotopic (exact) mass is 481 g/mol. The molecule has 2 aromatic heterocycles. The van der Waals surface area contributed by atoms with Crippen molar-refractivity contribution in [1.29, 1.82) is 0 Å². The van der Waals surface area contributed by atoms with Crippen LogP contribution in [0.5, 0.6) is 0 Å². The van der Waals surface area contributed by atoms with E-state index in [1.807, 2.05) is 43.3 Å². The zero-order chi connectivity index (χ0) is 22.0. The number of amides is 1. The fourth-order valence-electron chi connectivity index (χ4n) is 3.11. The van der Waals surface area contributed by atoms with Gasteiger partial charge in [-0.15, -0.1) is 0 Å². The van der Waals surface area contributed by atoms with E-state index in [2.05, 4.69) is 41.8 Å². The Kier molecular flexibility index (Phi) is 5.72. The molecular weight excluding hydrogens is 462 g/mol. The van der Waals surface area contributed by atoms with Crippen LogP contribution in [0.15, 0.2) is 57.5 Å². The Morgan fingerprint density at radius 2 is 1.94 bits per heavy atom. The van der Waals surface area contributed by atoms with E-state index >= 15 is 0 Å². The van der Waals surface area contributed by atoms with E-state index in [0.717, 1.165) is 15.6 Å². The number of rotatable bonds is 6. The van der Waals surface area contributed by atoms with Crippen LogP contribution in [0, 0.1) is 6.92 Å². The molecule has 4 aromatic rings. The molecule has 0 aliphatic carbocycles. The van der Waals surface area contributed by atoms with Crippen LogP contribution in [0.1, 0.15) is 5.56 Å². The van der Waals surface area contributed by atoms with Gasteiger partial charge in [0.1, 0.15) is 17.9 Å². The van der Waals surface area contributed by atoms with Crippen LogP contribution in [0.4, 0.5) is 17.3 Å². The van der Waals surface area contributed by atoms with Gasteiger partial charge >= 0.3 is 0 Å². The number of aryl methyl sites for hydroxylation is 1. The summed E-state index contributed by atoms with van der Waals surface area (Å²) in [6, 6.07) is 15.0. The number of nitrogens with one attached hydrogen (secondary N) is 2. The second-order valence-corrected chi connectivity index (χ2v) is 7.73. The number of carbonyl (C=O) groups is 1. The Hall–Kier alpha value is -3.66. The minimum absolute atomic E-state index is 0.0740. The molecule has 2 heterocycles. The second kappa shape index (κ2) is 8.60. The first kappa shape index (κ1) is 20.6. The number of benzene rings is 2. The predicted octanol–water partition coefficient (Wildman–Crippen LogP) is 3.93. The largest absolute Gasteiger partial charge is 0.383 e. The molecule has 0 fully saturated rings. The third-order valence-corrected chi connectivity index (χ3v) is 5.20. The van der Waals surface area contributed by atoms with Crippen molar-refractivity contribution in [3.63, 3.8) is 0 Å². The standard InChI is InChI=1S/C21H20BrN7O2/c1-12-5-3-4-6-15(12)19-26-21(31-28-19)17-18(23)29(27-20(17)24-2)11-16(30)25-14-9-7-13(22)8-10-14/h3-10H,11,23H2,1-2H3,(H,24,27)(H,25,30). The van der Waals surface area contributed by atoms with Crippen molar-refractivity contribution in [1.82, 2.24) is 19.9 Å². The fraction of sp³-hybridized carbons (Fsp3) is 0.143. The number of aromatic nitrogens is 4. The van der Waals surface area contributed by atoms with Gasteiger partial charge in [-0.1, -0.05) is 45.4 Å². The maximum Gasteiger partial charge on any atom is 0.265 e. The minimum Gasteiger partial charge on any atom is -0.383 e. The molecule has 0 aliphatic heterocycles. The number of hydrogen-bond acceptors (Lipinski definition) is 7. The van der Waals surface area contributed by atoms with Crippen LogP contribution in [0.3, 0.4) is 0 Å². The number of carbonyl (C=O) groups excluding carboxylic acids is 1. The molecule has 2 aromatic carbocycles. The van der Waals surface area contributed by atoms with Crippen molar-refractivity contribution in [3.8, 4) is 22.8 Å². The molecule has 0 saturated heterocycles. The van der Waals surface area contributed by atoms with Gasteiger partial charge in [0, 0.05) is 22.8 Å². The quantitative estimate of drug-likeness (QED) is 0.380. The molecule has 0 saturated carbocycles. The van der Waals surface area contributed by atoms with Gasteiger partial charge in [0.25, 0.3) is 5.89 Å². The lowest BCUT2D eigenvalue weighted by Gasteiger charge is -2.06. The van der Waals surface area contributed by atoms with Crippen LogP contribution in [-0.2, 0) is 11.3 Å². The molecule has 1 amide bonds. The number of nitrogens with two attached hydrogens (primary N) is 1. The summed E-state index contributed by atoms with van der Waals surface area (Å²) in [6.07, 6.45) is 0. The Morgan fingerprint density at radius 1 is 1.19 bits per heavy atom. The minimum atomic E-state index is -0.267. The molecule has 9 nitrogen and oxygen atoms in total. The molecule has 0 unspecified atom stereocenters. The normalized spacial score (nSPS) is 10.8. The van der Waals surface area contributed by atoms with Gasteiger partial charge in [0.2, 0.25) is 11.7 Å². The molecule has 10 heteroatoms. The average Bonchev–Trinajstić information content (AvgIpc) is 3.35. The van der Waals surface area contributed by atoms with Gasteiger partial charge < -0.3 is 20.9 Å². The molecule has 4 rings (SSSR count). The van der Waals surface area contributed by atoms with Gasteiger partial charge in [-0.3, -0.25) is 4.79 Å². The summed E-state index contributed by atoms with van der Waals surface area (Å²) in [5.74, 6) is 1.09. The van der Waals surface area contributed by atoms with E-state index in [9.17, 15) is 4.79 Å². The summed E-state index contributed by atoms with van der Waals surface area (Å²) in [4.78, 5) is 17.0. The Labute approximate surface area is 186 Å². The van der Waals surface area contributed by atoms with Crippen LogP contribution in [0.25, 0.3) is 22.8 Å². The number of hydrogen-bond donors (Lipinski definition) is 3. The molecule has 31 heavy (non-hydrogen) atoms. The summed E-state index contributed by atoms with van der Waals surface area (Å²) < 4.78 is 7.79. The zero-order valence-electron chi connectivity index (χ0n) is 16.9. The first-order chi connectivity index (χ1) is 15.0. The summed E-state index contributed by atoms with van der Waals surface area (Å²) in [5, 5.41) is 14.3. The molecule has 158 valence electrons. The number of halogens is 1. The molecule has 0 bridgehead atoms. The van der Waals surface area contributed by atoms with E-state index in [1.54, 1.807) is 19.2 Å². The topological polar surface area (TPSA) is 124 Å². The summed E-state index contributed by atoms with van der Waals surface area (Å²) >= 11 is 3.37. The lowest BCUT2D eigenvalue weighted by Crippen LogP contribution is -2.20. The lowest BCUT2D eigenvalue weighted by atomic mass is 10.1. The van der Waals surface area contributed by atoms with E-state index in [1.165, 1.54) is 4.68 Å². The van der Waals surface area contributed by atoms with E-state index in [0.29, 0.717) is 22.9 Å². The molecule has 0 radical (unpaired) electrons. The van der Waals surface area contributed by atoms with Gasteiger partial charge in [-0.2, -0.15) is 10.1 Å². The highest BCUT2D eigenvalue weighted by Crippen LogP contribution is 2.33. The average molecular weight is 482 g/mol. The highest BCUT2D eigenvalue weighted by molar-refractivity contribution is 9.10. The van der Waals surface area contributed by atoms with Crippen LogP contribution in [0.2, 0.25) is 0 Å². The van der Waals surface area contributed by atoms with Gasteiger partial charge in [0.05, 0.1) is 0 Å². The van der Waals surface area contributed by atoms with Gasteiger partial charge in [-0.25, -0.2) is 4.68 Å². The maximum absolute atomic E-state index is 12.5. The molecule has 4 N–H and O–H groups in total. The SMILES string of the molecule is CNc1nn(CC(=O)Nc2ccc(Br)cc2)c(N)c1-c1nc(-c2ccccc2C)no1. The summed E-state index contributed by atoms with van der Waals surface area (Å²) in [5.41, 5.74) is 9.31. The van der Waals surface area contributed by atoms with Crippen molar-refractivity contribution >= 4 is 39.2 Å². The number of nitrogens with zero attached hydrogens (tertiary/aromatic N) is 4. The van der Waals surface area contributed by atoms with E-state index in [-0.39, 0.29) is 24.2 Å². The van der Waals surface area contributed by atoms with Crippen molar-refractivity contribution in [3.05, 3.63) is 58.6 Å². The molecular formula is C21H20BrN7O2.